The van der Waals surface area contributed by atoms with Gasteiger partial charge in [-0.3, -0.25) is 9.36 Å². The van der Waals surface area contributed by atoms with Crippen LogP contribution in [0.2, 0.25) is 5.02 Å². The van der Waals surface area contributed by atoms with E-state index in [1.54, 1.807) is 18.4 Å². The molecule has 2 heterocycles. The lowest BCUT2D eigenvalue weighted by Crippen LogP contribution is -2.39. The summed E-state index contributed by atoms with van der Waals surface area (Å²) < 4.78 is 13.3. The van der Waals surface area contributed by atoms with Crippen LogP contribution < -0.4 is 19.6 Å². The summed E-state index contributed by atoms with van der Waals surface area (Å²) >= 11 is 7.24. The molecule has 0 amide bonds. The quantitative estimate of drug-likeness (QED) is 0.306. The van der Waals surface area contributed by atoms with E-state index >= 15 is 0 Å². The summed E-state index contributed by atoms with van der Waals surface area (Å²) in [7, 11) is 0. The number of carbonyl (C=O) groups is 1. The molecule has 0 fully saturated rings. The number of thiazole rings is 1. The van der Waals surface area contributed by atoms with Crippen LogP contribution in [0.1, 0.15) is 36.6 Å². The Bertz CT molecular complexity index is 1670. The smallest absolute Gasteiger partial charge is 0.338 e. The molecule has 1 aliphatic rings. The van der Waals surface area contributed by atoms with Crippen molar-refractivity contribution in [3.05, 3.63) is 132 Å². The highest BCUT2D eigenvalue weighted by Crippen LogP contribution is 2.30. The largest absolute Gasteiger partial charge is 0.489 e. The second kappa shape index (κ2) is 11.2. The van der Waals surface area contributed by atoms with E-state index < -0.39 is 12.0 Å². The van der Waals surface area contributed by atoms with Crippen molar-refractivity contribution < 1.29 is 14.3 Å². The van der Waals surface area contributed by atoms with Crippen LogP contribution in [-0.2, 0) is 16.1 Å². The second-order valence-electron chi connectivity index (χ2n) is 8.70. The van der Waals surface area contributed by atoms with E-state index in [9.17, 15) is 9.59 Å². The summed E-state index contributed by atoms with van der Waals surface area (Å²) in [6, 6.07) is 23.9. The Labute approximate surface area is 228 Å². The topological polar surface area (TPSA) is 69.9 Å². The van der Waals surface area contributed by atoms with Gasteiger partial charge in [-0.2, -0.15) is 0 Å². The van der Waals surface area contributed by atoms with Crippen LogP contribution in [-0.4, -0.2) is 17.1 Å². The summed E-state index contributed by atoms with van der Waals surface area (Å²) in [4.78, 5) is 31.7. The SMILES string of the molecule is CCOC(=O)C1=C(C)N=c2s/c(=C/c3ccc(OCc4ccc(Cl)cc4)cc3)c(=O)n2[C@@H]1c1ccccc1. The average Bonchev–Trinajstić information content (AvgIpc) is 3.23. The molecule has 1 atom stereocenters. The van der Waals surface area contributed by atoms with Gasteiger partial charge >= 0.3 is 5.97 Å². The summed E-state index contributed by atoms with van der Waals surface area (Å²) in [6.07, 6.45) is 1.83. The van der Waals surface area contributed by atoms with E-state index in [1.165, 1.54) is 11.3 Å². The van der Waals surface area contributed by atoms with Gasteiger partial charge in [0, 0.05) is 5.02 Å². The molecule has 1 aliphatic heterocycles. The minimum Gasteiger partial charge on any atom is -0.489 e. The van der Waals surface area contributed by atoms with E-state index in [4.69, 9.17) is 21.1 Å². The van der Waals surface area contributed by atoms with Crippen molar-refractivity contribution in [2.24, 2.45) is 4.99 Å². The first-order valence-electron chi connectivity index (χ1n) is 12.2. The predicted molar refractivity (Wildman–Crippen MR) is 149 cm³/mol. The molecule has 0 spiro atoms. The lowest BCUT2D eigenvalue weighted by atomic mass is 9.96. The second-order valence-corrected chi connectivity index (χ2v) is 10.1. The molecule has 38 heavy (non-hydrogen) atoms. The zero-order chi connectivity index (χ0) is 26.6. The van der Waals surface area contributed by atoms with Gasteiger partial charge in [-0.15, -0.1) is 0 Å². The lowest BCUT2D eigenvalue weighted by Gasteiger charge is -2.24. The molecule has 3 aromatic carbocycles. The van der Waals surface area contributed by atoms with Gasteiger partial charge in [0.2, 0.25) is 0 Å². The van der Waals surface area contributed by atoms with E-state index in [-0.39, 0.29) is 12.2 Å². The van der Waals surface area contributed by atoms with Gasteiger partial charge in [0.1, 0.15) is 12.4 Å². The molecule has 0 unspecified atom stereocenters. The van der Waals surface area contributed by atoms with E-state index in [0.717, 1.165) is 22.4 Å². The van der Waals surface area contributed by atoms with Crippen molar-refractivity contribution in [2.75, 3.05) is 6.61 Å². The first kappa shape index (κ1) is 25.7. The highest BCUT2D eigenvalue weighted by molar-refractivity contribution is 7.07. The minimum absolute atomic E-state index is 0.208. The maximum atomic E-state index is 13.7. The van der Waals surface area contributed by atoms with Crippen molar-refractivity contribution in [3.63, 3.8) is 0 Å². The molecule has 6 nitrogen and oxygen atoms in total. The van der Waals surface area contributed by atoms with Gasteiger partial charge in [0.05, 0.1) is 28.5 Å². The minimum atomic E-state index is -0.614. The number of allylic oxidation sites excluding steroid dienone is 1. The van der Waals surface area contributed by atoms with Crippen LogP contribution in [0.3, 0.4) is 0 Å². The number of nitrogens with zero attached hydrogens (tertiary/aromatic N) is 2. The molecule has 0 saturated heterocycles. The number of halogens is 1. The molecule has 0 radical (unpaired) electrons. The Balaban J connectivity index is 1.47. The summed E-state index contributed by atoms with van der Waals surface area (Å²) in [5.74, 6) is 0.253. The van der Waals surface area contributed by atoms with E-state index in [1.807, 2.05) is 84.9 Å². The number of fused-ring (bicyclic) bond motifs is 1. The van der Waals surface area contributed by atoms with E-state index in [2.05, 4.69) is 4.99 Å². The lowest BCUT2D eigenvalue weighted by molar-refractivity contribution is -0.139. The molecule has 0 saturated carbocycles. The molecular weight excluding hydrogens is 520 g/mol. The van der Waals surface area contributed by atoms with Crippen LogP contribution >= 0.6 is 22.9 Å². The molecule has 0 N–H and O–H groups in total. The van der Waals surface area contributed by atoms with Crippen molar-refractivity contribution in [3.8, 4) is 5.75 Å². The van der Waals surface area contributed by atoms with Crippen LogP contribution in [0.15, 0.2) is 99.9 Å². The van der Waals surface area contributed by atoms with Gasteiger partial charge in [-0.1, -0.05) is 77.5 Å². The summed E-state index contributed by atoms with van der Waals surface area (Å²) in [5.41, 5.74) is 3.41. The molecule has 0 aliphatic carbocycles. The Hall–Kier alpha value is -3.94. The Morgan fingerprint density at radius 1 is 1.05 bits per heavy atom. The third kappa shape index (κ3) is 5.35. The van der Waals surface area contributed by atoms with Gasteiger partial charge in [0.25, 0.3) is 5.56 Å². The number of benzene rings is 3. The van der Waals surface area contributed by atoms with Crippen LogP contribution in [0, 0.1) is 0 Å². The first-order chi connectivity index (χ1) is 18.4. The van der Waals surface area contributed by atoms with E-state index in [0.29, 0.717) is 32.2 Å². The highest BCUT2D eigenvalue weighted by Gasteiger charge is 2.33. The monoisotopic (exact) mass is 544 g/mol. The summed E-state index contributed by atoms with van der Waals surface area (Å²) in [6.45, 7) is 4.20. The fourth-order valence-electron chi connectivity index (χ4n) is 4.30. The fraction of sp³-hybridized carbons (Fsp3) is 0.167. The first-order valence-corrected chi connectivity index (χ1v) is 13.4. The third-order valence-corrected chi connectivity index (χ3v) is 7.36. The van der Waals surface area contributed by atoms with Crippen molar-refractivity contribution in [2.45, 2.75) is 26.5 Å². The Kier molecular flexibility index (Phi) is 7.58. The average molecular weight is 545 g/mol. The fourth-order valence-corrected chi connectivity index (χ4v) is 5.47. The number of esters is 1. The standard InChI is InChI=1S/C30H25ClN2O4S/c1-3-36-29(35)26-19(2)32-30-33(27(26)22-7-5-4-6-8-22)28(34)25(38-30)17-20-11-15-24(16-12-20)37-18-21-9-13-23(31)14-10-21/h4-17,27H,3,18H2,1-2H3/b25-17+/t27-/m1/s1. The van der Waals surface area contributed by atoms with Gasteiger partial charge in [-0.05, 0) is 60.9 Å². The zero-order valence-corrected chi connectivity index (χ0v) is 22.5. The zero-order valence-electron chi connectivity index (χ0n) is 20.9. The molecule has 4 aromatic rings. The van der Waals surface area contributed by atoms with Crippen LogP contribution in [0.4, 0.5) is 0 Å². The normalized spacial score (nSPS) is 15.1. The molecule has 192 valence electrons. The van der Waals surface area contributed by atoms with Gasteiger partial charge < -0.3 is 9.47 Å². The summed E-state index contributed by atoms with van der Waals surface area (Å²) in [5, 5.41) is 0.686. The molecular formula is C30H25ClN2O4S. The van der Waals surface area contributed by atoms with Crippen molar-refractivity contribution >= 4 is 35.0 Å². The number of rotatable bonds is 7. The molecule has 5 rings (SSSR count). The number of hydrogen-bond acceptors (Lipinski definition) is 6. The molecule has 8 heteroatoms. The maximum Gasteiger partial charge on any atom is 0.338 e. The number of aromatic nitrogens is 1. The number of hydrogen-bond donors (Lipinski definition) is 0. The Morgan fingerprint density at radius 2 is 1.76 bits per heavy atom. The highest BCUT2D eigenvalue weighted by atomic mass is 35.5. The molecule has 1 aromatic heterocycles. The number of ether oxygens (including phenoxy) is 2. The molecule has 0 bridgehead atoms. The third-order valence-electron chi connectivity index (χ3n) is 6.13. The van der Waals surface area contributed by atoms with Crippen LogP contribution in [0.5, 0.6) is 5.75 Å². The van der Waals surface area contributed by atoms with Gasteiger partial charge in [0.15, 0.2) is 4.80 Å². The Morgan fingerprint density at radius 3 is 2.45 bits per heavy atom. The van der Waals surface area contributed by atoms with Crippen molar-refractivity contribution in [1.82, 2.24) is 4.57 Å². The van der Waals surface area contributed by atoms with Crippen molar-refractivity contribution in [1.29, 1.82) is 0 Å². The predicted octanol–water partition coefficient (Wildman–Crippen LogP) is 5.03. The van der Waals surface area contributed by atoms with Gasteiger partial charge in [-0.25, -0.2) is 9.79 Å². The van der Waals surface area contributed by atoms with Crippen LogP contribution in [0.25, 0.3) is 6.08 Å². The maximum absolute atomic E-state index is 13.7. The number of carbonyl (C=O) groups excluding carboxylic acids is 1.